The standard InChI is InChI=1S/C12H21N3O2/c1-4-15(5-2)8-6-7-13-12(16)11-9-10(3)17-14-11/h9H,4-8H2,1-3H3,(H,13,16). The molecular formula is C12H21N3O2. The average molecular weight is 239 g/mol. The van der Waals surface area contributed by atoms with E-state index in [1.54, 1.807) is 13.0 Å². The quantitative estimate of drug-likeness (QED) is 0.732. The first-order valence-corrected chi connectivity index (χ1v) is 6.11. The molecule has 1 amide bonds. The van der Waals surface area contributed by atoms with Crippen LogP contribution in [0.3, 0.4) is 0 Å². The van der Waals surface area contributed by atoms with E-state index in [0.717, 1.165) is 26.1 Å². The van der Waals surface area contributed by atoms with Crippen molar-refractivity contribution in [1.29, 1.82) is 0 Å². The van der Waals surface area contributed by atoms with Gasteiger partial charge in [-0.15, -0.1) is 0 Å². The molecule has 0 bridgehead atoms. The van der Waals surface area contributed by atoms with Gasteiger partial charge in [-0.1, -0.05) is 19.0 Å². The van der Waals surface area contributed by atoms with Crippen molar-refractivity contribution in [2.75, 3.05) is 26.2 Å². The molecule has 1 heterocycles. The van der Waals surface area contributed by atoms with Crippen molar-refractivity contribution in [3.05, 3.63) is 17.5 Å². The van der Waals surface area contributed by atoms with Gasteiger partial charge in [-0.2, -0.15) is 0 Å². The number of carbonyl (C=O) groups excluding carboxylic acids is 1. The van der Waals surface area contributed by atoms with Crippen LogP contribution < -0.4 is 5.32 Å². The third-order valence-electron chi connectivity index (χ3n) is 2.69. The minimum absolute atomic E-state index is 0.165. The number of hydrogen-bond acceptors (Lipinski definition) is 4. The van der Waals surface area contributed by atoms with E-state index in [4.69, 9.17) is 4.52 Å². The highest BCUT2D eigenvalue weighted by atomic mass is 16.5. The van der Waals surface area contributed by atoms with Gasteiger partial charge in [-0.05, 0) is 33.0 Å². The minimum atomic E-state index is -0.165. The smallest absolute Gasteiger partial charge is 0.273 e. The molecule has 0 saturated carbocycles. The van der Waals surface area contributed by atoms with Gasteiger partial charge in [0, 0.05) is 12.6 Å². The van der Waals surface area contributed by atoms with Crippen LogP contribution in [0.4, 0.5) is 0 Å². The first-order chi connectivity index (χ1) is 8.17. The summed E-state index contributed by atoms with van der Waals surface area (Å²) in [7, 11) is 0. The third kappa shape index (κ3) is 4.56. The van der Waals surface area contributed by atoms with Gasteiger partial charge in [-0.3, -0.25) is 4.79 Å². The molecule has 1 aromatic rings. The predicted octanol–water partition coefficient (Wildman–Crippen LogP) is 1.44. The van der Waals surface area contributed by atoms with Crippen molar-refractivity contribution in [3.8, 4) is 0 Å². The molecule has 96 valence electrons. The third-order valence-corrected chi connectivity index (χ3v) is 2.69. The normalized spacial score (nSPS) is 10.8. The van der Waals surface area contributed by atoms with Gasteiger partial charge in [0.1, 0.15) is 5.76 Å². The second-order valence-electron chi connectivity index (χ2n) is 3.96. The molecule has 0 aliphatic heterocycles. The Labute approximate surface area is 102 Å². The molecule has 5 heteroatoms. The summed E-state index contributed by atoms with van der Waals surface area (Å²) in [6.07, 6.45) is 0.949. The Balaban J connectivity index is 2.21. The SMILES string of the molecule is CCN(CC)CCCNC(=O)c1cc(C)on1. The molecule has 1 aromatic heterocycles. The molecule has 0 aliphatic rings. The fraction of sp³-hybridized carbons (Fsp3) is 0.667. The Morgan fingerprint density at radius 3 is 2.71 bits per heavy atom. The number of nitrogens with zero attached hydrogens (tertiary/aromatic N) is 2. The second kappa shape index (κ2) is 7.06. The highest BCUT2D eigenvalue weighted by Crippen LogP contribution is 2.00. The molecule has 0 spiro atoms. The molecule has 5 nitrogen and oxygen atoms in total. The monoisotopic (exact) mass is 239 g/mol. The van der Waals surface area contributed by atoms with Gasteiger partial charge in [-0.25, -0.2) is 0 Å². The fourth-order valence-electron chi connectivity index (χ4n) is 1.61. The van der Waals surface area contributed by atoms with Crippen LogP contribution in [-0.2, 0) is 0 Å². The second-order valence-corrected chi connectivity index (χ2v) is 3.96. The average Bonchev–Trinajstić information content (AvgIpc) is 2.76. The van der Waals surface area contributed by atoms with Gasteiger partial charge in [0.15, 0.2) is 5.69 Å². The largest absolute Gasteiger partial charge is 0.361 e. The molecule has 0 unspecified atom stereocenters. The molecular weight excluding hydrogens is 218 g/mol. The van der Waals surface area contributed by atoms with Crippen molar-refractivity contribution in [2.24, 2.45) is 0 Å². The molecule has 0 aliphatic carbocycles. The molecule has 1 N–H and O–H groups in total. The summed E-state index contributed by atoms with van der Waals surface area (Å²) >= 11 is 0. The number of aryl methyl sites for hydroxylation is 1. The van der Waals surface area contributed by atoms with Crippen molar-refractivity contribution >= 4 is 5.91 Å². The topological polar surface area (TPSA) is 58.4 Å². The molecule has 0 saturated heterocycles. The zero-order chi connectivity index (χ0) is 12.7. The van der Waals surface area contributed by atoms with Crippen molar-refractivity contribution in [2.45, 2.75) is 27.2 Å². The fourth-order valence-corrected chi connectivity index (χ4v) is 1.61. The number of carbonyl (C=O) groups is 1. The van der Waals surface area contributed by atoms with E-state index in [1.165, 1.54) is 0 Å². The van der Waals surface area contributed by atoms with E-state index >= 15 is 0 Å². The van der Waals surface area contributed by atoms with Crippen LogP contribution in [0, 0.1) is 6.92 Å². The Bertz CT molecular complexity index is 345. The zero-order valence-corrected chi connectivity index (χ0v) is 10.8. The molecule has 0 radical (unpaired) electrons. The van der Waals surface area contributed by atoms with Crippen LogP contribution in [0.25, 0.3) is 0 Å². The van der Waals surface area contributed by atoms with E-state index < -0.39 is 0 Å². The summed E-state index contributed by atoms with van der Waals surface area (Å²) < 4.78 is 4.85. The summed E-state index contributed by atoms with van der Waals surface area (Å²) in [5, 5.41) is 6.49. The molecule has 0 fully saturated rings. The Morgan fingerprint density at radius 1 is 1.47 bits per heavy atom. The van der Waals surface area contributed by atoms with Crippen LogP contribution in [0.5, 0.6) is 0 Å². The van der Waals surface area contributed by atoms with Gasteiger partial charge in [0.25, 0.3) is 5.91 Å². The molecule has 0 atom stereocenters. The van der Waals surface area contributed by atoms with Crippen molar-refractivity contribution < 1.29 is 9.32 Å². The first kappa shape index (κ1) is 13.7. The highest BCUT2D eigenvalue weighted by Gasteiger charge is 2.09. The van der Waals surface area contributed by atoms with Gasteiger partial charge in [0.05, 0.1) is 0 Å². The predicted molar refractivity (Wildman–Crippen MR) is 66.0 cm³/mol. The molecule has 17 heavy (non-hydrogen) atoms. The van der Waals surface area contributed by atoms with Crippen molar-refractivity contribution in [1.82, 2.24) is 15.4 Å². The van der Waals surface area contributed by atoms with Gasteiger partial charge >= 0.3 is 0 Å². The summed E-state index contributed by atoms with van der Waals surface area (Å²) in [5.41, 5.74) is 0.352. The lowest BCUT2D eigenvalue weighted by molar-refractivity contribution is 0.0942. The number of amides is 1. The van der Waals surface area contributed by atoms with Crippen LogP contribution in [0.15, 0.2) is 10.6 Å². The lowest BCUT2D eigenvalue weighted by Gasteiger charge is -2.17. The van der Waals surface area contributed by atoms with Crippen LogP contribution in [-0.4, -0.2) is 42.1 Å². The maximum atomic E-state index is 11.6. The van der Waals surface area contributed by atoms with E-state index in [1.807, 2.05) is 0 Å². The number of rotatable bonds is 7. The number of nitrogens with one attached hydrogen (secondary N) is 1. The van der Waals surface area contributed by atoms with Crippen LogP contribution in [0.2, 0.25) is 0 Å². The maximum absolute atomic E-state index is 11.6. The Hall–Kier alpha value is -1.36. The van der Waals surface area contributed by atoms with Crippen molar-refractivity contribution in [3.63, 3.8) is 0 Å². The lowest BCUT2D eigenvalue weighted by Crippen LogP contribution is -2.30. The van der Waals surface area contributed by atoms with E-state index in [-0.39, 0.29) is 5.91 Å². The van der Waals surface area contributed by atoms with E-state index in [0.29, 0.717) is 18.0 Å². The summed E-state index contributed by atoms with van der Waals surface area (Å²) in [6.45, 7) is 9.82. The molecule has 0 aromatic carbocycles. The first-order valence-electron chi connectivity index (χ1n) is 6.11. The minimum Gasteiger partial charge on any atom is -0.361 e. The van der Waals surface area contributed by atoms with Gasteiger partial charge in [0.2, 0.25) is 0 Å². The highest BCUT2D eigenvalue weighted by molar-refractivity contribution is 5.92. The van der Waals surface area contributed by atoms with Crippen LogP contribution in [0.1, 0.15) is 36.5 Å². The number of hydrogen-bond donors (Lipinski definition) is 1. The Morgan fingerprint density at radius 2 is 2.18 bits per heavy atom. The van der Waals surface area contributed by atoms with E-state index in [2.05, 4.69) is 29.2 Å². The summed E-state index contributed by atoms with van der Waals surface area (Å²) in [6, 6.07) is 1.64. The van der Waals surface area contributed by atoms with Crippen LogP contribution >= 0.6 is 0 Å². The zero-order valence-electron chi connectivity index (χ0n) is 10.8. The maximum Gasteiger partial charge on any atom is 0.273 e. The lowest BCUT2D eigenvalue weighted by atomic mass is 10.3. The number of aromatic nitrogens is 1. The summed E-state index contributed by atoms with van der Waals surface area (Å²) in [5.74, 6) is 0.486. The molecule has 1 rings (SSSR count). The summed E-state index contributed by atoms with van der Waals surface area (Å²) in [4.78, 5) is 13.9. The Kier molecular flexibility index (Phi) is 5.69. The van der Waals surface area contributed by atoms with Gasteiger partial charge < -0.3 is 14.7 Å². The van der Waals surface area contributed by atoms with E-state index in [9.17, 15) is 4.79 Å².